The zero-order valence-electron chi connectivity index (χ0n) is 11.6. The van der Waals surface area contributed by atoms with Gasteiger partial charge in [0.1, 0.15) is 6.04 Å². The first-order valence-corrected chi connectivity index (χ1v) is 6.89. The van der Waals surface area contributed by atoms with Crippen LogP contribution in [0.5, 0.6) is 0 Å². The largest absolute Gasteiger partial charge is 0.459 e. The number of nitrogens with zero attached hydrogens (tertiary/aromatic N) is 2. The maximum Gasteiger partial charge on any atom is 0.288 e. The van der Waals surface area contributed by atoms with Gasteiger partial charge in [-0.2, -0.15) is 4.98 Å². The first-order valence-electron chi connectivity index (χ1n) is 6.52. The molecule has 6 nitrogen and oxygen atoms in total. The second-order valence-corrected chi connectivity index (χ2v) is 5.12. The Morgan fingerprint density at radius 3 is 2.64 bits per heavy atom. The first-order chi connectivity index (χ1) is 10.6. The van der Waals surface area contributed by atoms with Crippen LogP contribution in [0.3, 0.4) is 0 Å². The Balaban J connectivity index is 1.91. The fraction of sp³-hybridized carbons (Fsp3) is 0.133. The summed E-state index contributed by atoms with van der Waals surface area (Å²) < 4.78 is 9.98. The number of rotatable bonds is 4. The van der Waals surface area contributed by atoms with E-state index in [0.717, 1.165) is 11.1 Å². The molecule has 2 heterocycles. The van der Waals surface area contributed by atoms with Gasteiger partial charge >= 0.3 is 0 Å². The highest BCUT2D eigenvalue weighted by molar-refractivity contribution is 6.30. The van der Waals surface area contributed by atoms with Crippen LogP contribution in [0, 0.1) is 6.92 Å². The molecule has 0 aliphatic heterocycles. The number of furan rings is 1. The standard InChI is InChI=1S/C15H12ClN3O3/c1-9-6-7-21-13(9)15(20)18-12(14-17-8-22-19-14)10-2-4-11(16)5-3-10/h2-8,12H,1H3,(H,18,20)/t12-/m0/s1. The molecular formula is C15H12ClN3O3. The van der Waals surface area contributed by atoms with E-state index in [0.29, 0.717) is 10.8 Å². The Labute approximate surface area is 131 Å². The van der Waals surface area contributed by atoms with Crippen molar-refractivity contribution in [3.63, 3.8) is 0 Å². The average Bonchev–Trinajstić information content (AvgIpc) is 3.17. The molecule has 0 unspecified atom stereocenters. The van der Waals surface area contributed by atoms with Gasteiger partial charge in [0.05, 0.1) is 6.26 Å². The summed E-state index contributed by atoms with van der Waals surface area (Å²) in [6, 6.07) is 8.20. The molecular weight excluding hydrogens is 306 g/mol. The number of halogens is 1. The SMILES string of the molecule is Cc1ccoc1C(=O)N[C@@H](c1ccc(Cl)cc1)c1ncon1. The molecule has 7 heteroatoms. The third-order valence-electron chi connectivity index (χ3n) is 3.18. The summed E-state index contributed by atoms with van der Waals surface area (Å²) in [6.45, 7) is 1.80. The lowest BCUT2D eigenvalue weighted by Crippen LogP contribution is -2.30. The van der Waals surface area contributed by atoms with Crippen LogP contribution in [-0.4, -0.2) is 16.0 Å². The van der Waals surface area contributed by atoms with E-state index in [1.807, 2.05) is 0 Å². The fourth-order valence-electron chi connectivity index (χ4n) is 2.06. The van der Waals surface area contributed by atoms with Gasteiger partial charge in [-0.15, -0.1) is 0 Å². The lowest BCUT2D eigenvalue weighted by atomic mass is 10.1. The highest BCUT2D eigenvalue weighted by Crippen LogP contribution is 2.22. The second kappa shape index (κ2) is 6.03. The van der Waals surface area contributed by atoms with E-state index in [1.54, 1.807) is 37.3 Å². The average molecular weight is 318 g/mol. The summed E-state index contributed by atoms with van der Waals surface area (Å²) >= 11 is 5.90. The number of nitrogens with one attached hydrogen (secondary N) is 1. The predicted molar refractivity (Wildman–Crippen MR) is 78.5 cm³/mol. The second-order valence-electron chi connectivity index (χ2n) is 4.68. The number of amides is 1. The number of carbonyl (C=O) groups is 1. The van der Waals surface area contributed by atoms with Crippen molar-refractivity contribution in [1.82, 2.24) is 15.5 Å². The zero-order valence-corrected chi connectivity index (χ0v) is 12.4. The molecule has 1 N–H and O–H groups in total. The van der Waals surface area contributed by atoms with Crippen LogP contribution in [0.25, 0.3) is 0 Å². The van der Waals surface area contributed by atoms with E-state index >= 15 is 0 Å². The minimum absolute atomic E-state index is 0.252. The maximum absolute atomic E-state index is 12.4. The van der Waals surface area contributed by atoms with Gasteiger partial charge in [0.2, 0.25) is 6.39 Å². The number of aromatic nitrogens is 2. The van der Waals surface area contributed by atoms with Crippen molar-refractivity contribution in [2.45, 2.75) is 13.0 Å². The predicted octanol–water partition coefficient (Wildman–Crippen LogP) is 3.14. The van der Waals surface area contributed by atoms with E-state index in [-0.39, 0.29) is 11.7 Å². The van der Waals surface area contributed by atoms with Gasteiger partial charge in [-0.05, 0) is 30.7 Å². The highest BCUT2D eigenvalue weighted by Gasteiger charge is 2.23. The zero-order chi connectivity index (χ0) is 15.5. The van der Waals surface area contributed by atoms with Crippen molar-refractivity contribution in [2.24, 2.45) is 0 Å². The topological polar surface area (TPSA) is 81.2 Å². The van der Waals surface area contributed by atoms with Crippen LogP contribution in [-0.2, 0) is 0 Å². The molecule has 0 spiro atoms. The van der Waals surface area contributed by atoms with Crippen LogP contribution in [0.15, 0.2) is 51.9 Å². The molecule has 1 aromatic carbocycles. The number of aryl methyl sites for hydroxylation is 1. The van der Waals surface area contributed by atoms with E-state index in [1.165, 1.54) is 12.7 Å². The lowest BCUT2D eigenvalue weighted by Gasteiger charge is -2.15. The normalized spacial score (nSPS) is 12.1. The summed E-state index contributed by atoms with van der Waals surface area (Å²) in [4.78, 5) is 16.4. The summed E-state index contributed by atoms with van der Waals surface area (Å²) in [6.07, 6.45) is 2.68. The van der Waals surface area contributed by atoms with Gasteiger partial charge in [0.15, 0.2) is 11.6 Å². The van der Waals surface area contributed by atoms with Crippen molar-refractivity contribution in [2.75, 3.05) is 0 Å². The Bertz CT molecular complexity index is 766. The lowest BCUT2D eigenvalue weighted by molar-refractivity contribution is 0.0912. The monoisotopic (exact) mass is 317 g/mol. The van der Waals surface area contributed by atoms with Gasteiger partial charge < -0.3 is 14.3 Å². The molecule has 0 radical (unpaired) electrons. The Morgan fingerprint density at radius 1 is 1.27 bits per heavy atom. The minimum atomic E-state index is -0.562. The van der Waals surface area contributed by atoms with E-state index < -0.39 is 6.04 Å². The molecule has 0 fully saturated rings. The summed E-state index contributed by atoms with van der Waals surface area (Å²) in [5, 5.41) is 7.25. The van der Waals surface area contributed by atoms with Crippen molar-refractivity contribution < 1.29 is 13.7 Å². The number of carbonyl (C=O) groups excluding carboxylic acids is 1. The van der Waals surface area contributed by atoms with Crippen molar-refractivity contribution in [1.29, 1.82) is 0 Å². The Kier molecular flexibility index (Phi) is 3.93. The summed E-state index contributed by atoms with van der Waals surface area (Å²) in [7, 11) is 0. The van der Waals surface area contributed by atoms with Gasteiger partial charge in [0, 0.05) is 10.6 Å². The molecule has 22 heavy (non-hydrogen) atoms. The third-order valence-corrected chi connectivity index (χ3v) is 3.44. The molecule has 0 bridgehead atoms. The summed E-state index contributed by atoms with van der Waals surface area (Å²) in [5.74, 6) is 0.245. The molecule has 2 aromatic heterocycles. The molecule has 0 saturated carbocycles. The molecule has 0 saturated heterocycles. The van der Waals surface area contributed by atoms with E-state index in [2.05, 4.69) is 15.5 Å². The van der Waals surface area contributed by atoms with Gasteiger partial charge in [-0.3, -0.25) is 4.79 Å². The minimum Gasteiger partial charge on any atom is -0.459 e. The van der Waals surface area contributed by atoms with Crippen LogP contribution in [0.2, 0.25) is 5.02 Å². The Morgan fingerprint density at radius 2 is 2.05 bits per heavy atom. The number of benzene rings is 1. The smallest absolute Gasteiger partial charge is 0.288 e. The number of hydrogen-bond donors (Lipinski definition) is 1. The summed E-state index contributed by atoms with van der Waals surface area (Å²) in [5.41, 5.74) is 1.53. The first kappa shape index (κ1) is 14.3. The Hall–Kier alpha value is -2.60. The van der Waals surface area contributed by atoms with Gasteiger partial charge in [-0.25, -0.2) is 0 Å². The van der Waals surface area contributed by atoms with E-state index in [9.17, 15) is 4.79 Å². The van der Waals surface area contributed by atoms with Crippen LogP contribution >= 0.6 is 11.6 Å². The molecule has 112 valence electrons. The third kappa shape index (κ3) is 2.87. The van der Waals surface area contributed by atoms with Gasteiger partial charge in [-0.1, -0.05) is 28.9 Å². The molecule has 1 amide bonds. The quantitative estimate of drug-likeness (QED) is 0.799. The molecule has 0 aliphatic rings. The molecule has 0 aliphatic carbocycles. The van der Waals surface area contributed by atoms with Crippen molar-refractivity contribution in [3.05, 3.63) is 70.7 Å². The van der Waals surface area contributed by atoms with Crippen molar-refractivity contribution in [3.8, 4) is 0 Å². The van der Waals surface area contributed by atoms with Gasteiger partial charge in [0.25, 0.3) is 5.91 Å². The maximum atomic E-state index is 12.4. The van der Waals surface area contributed by atoms with Crippen LogP contribution in [0.1, 0.15) is 33.5 Å². The number of hydrogen-bond acceptors (Lipinski definition) is 5. The van der Waals surface area contributed by atoms with Crippen LogP contribution in [0.4, 0.5) is 0 Å². The highest BCUT2D eigenvalue weighted by atomic mass is 35.5. The van der Waals surface area contributed by atoms with E-state index in [4.69, 9.17) is 20.5 Å². The molecule has 3 aromatic rings. The molecule has 3 rings (SSSR count). The van der Waals surface area contributed by atoms with Crippen LogP contribution < -0.4 is 5.32 Å². The molecule has 1 atom stereocenters. The fourth-order valence-corrected chi connectivity index (χ4v) is 2.19. The van der Waals surface area contributed by atoms with Crippen molar-refractivity contribution >= 4 is 17.5 Å².